The van der Waals surface area contributed by atoms with Crippen LogP contribution in [0, 0.1) is 5.41 Å². The van der Waals surface area contributed by atoms with Crippen molar-refractivity contribution in [1.29, 1.82) is 0 Å². The van der Waals surface area contributed by atoms with Gasteiger partial charge in [-0.1, -0.05) is 13.8 Å². The Hall–Kier alpha value is -1.01. The van der Waals surface area contributed by atoms with E-state index in [0.29, 0.717) is 0 Å². The largest absolute Gasteiger partial charge is 0.673 e. The molecular formula is C12H21BF4O2. The van der Waals surface area contributed by atoms with Crippen molar-refractivity contribution in [2.45, 2.75) is 40.5 Å². The van der Waals surface area contributed by atoms with Gasteiger partial charge in [-0.2, -0.15) is 0 Å². The number of rotatable bonds is 3. The smallest absolute Gasteiger partial charge is 0.498 e. The fourth-order valence-electron chi connectivity index (χ4n) is 1.84. The quantitative estimate of drug-likeness (QED) is 0.433. The van der Waals surface area contributed by atoms with Crippen LogP contribution in [0.5, 0.6) is 0 Å². The normalized spacial score (nSPS) is 20.4. The van der Waals surface area contributed by atoms with E-state index in [1.807, 2.05) is 13.8 Å². The molecule has 0 bridgehead atoms. The second-order valence-corrected chi connectivity index (χ2v) is 4.96. The first-order valence-corrected chi connectivity index (χ1v) is 6.26. The number of carbonyl (C=O) groups excluding carboxylic acids is 1. The van der Waals surface area contributed by atoms with Gasteiger partial charge in [0.25, 0.3) is 6.61 Å². The fourth-order valence-corrected chi connectivity index (χ4v) is 1.84. The molecule has 0 saturated heterocycles. The maximum Gasteiger partial charge on any atom is 0.673 e. The molecule has 0 fully saturated rings. The summed E-state index contributed by atoms with van der Waals surface area (Å²) in [4.78, 5) is 0. The maximum absolute atomic E-state index is 9.75. The molecule has 0 heterocycles. The lowest BCUT2D eigenvalue weighted by Gasteiger charge is -2.26. The van der Waals surface area contributed by atoms with Gasteiger partial charge >= 0.3 is 13.0 Å². The number of allylic oxidation sites excluding steroid dienone is 2. The summed E-state index contributed by atoms with van der Waals surface area (Å²) >= 11 is 0. The highest BCUT2D eigenvalue weighted by molar-refractivity contribution is 6.50. The Balaban J connectivity index is 0.000000555. The van der Waals surface area contributed by atoms with Gasteiger partial charge in [0.1, 0.15) is 5.76 Å². The zero-order valence-corrected chi connectivity index (χ0v) is 11.8. The van der Waals surface area contributed by atoms with E-state index in [9.17, 15) is 17.3 Å². The standard InChI is InChI=1S/C12H21O2.BF4/c1-5-13-10-7-11(14-6-2)9-12(3,4)8-10;2-1(3,4)5/h7H,5-6,8-9H2,1-4H3;/q+1;-1. The van der Waals surface area contributed by atoms with Crippen LogP contribution in [0.1, 0.15) is 40.5 Å². The van der Waals surface area contributed by atoms with Gasteiger partial charge in [0, 0.05) is 13.3 Å². The zero-order valence-electron chi connectivity index (χ0n) is 11.8. The van der Waals surface area contributed by atoms with Crippen LogP contribution in [0.15, 0.2) is 11.8 Å². The molecule has 0 aliphatic heterocycles. The fraction of sp³-hybridized carbons (Fsp3) is 0.750. The van der Waals surface area contributed by atoms with Crippen molar-refractivity contribution in [2.24, 2.45) is 5.41 Å². The highest BCUT2D eigenvalue weighted by Gasteiger charge is 2.32. The molecule has 0 N–H and O–H groups in total. The SMILES string of the molecule is CCOC1=CC(=[O+]CC)CC(C)(C)C1.F[B-](F)(F)F. The topological polar surface area (TPSA) is 20.5 Å². The van der Waals surface area contributed by atoms with Crippen molar-refractivity contribution < 1.29 is 26.4 Å². The van der Waals surface area contributed by atoms with E-state index >= 15 is 0 Å². The van der Waals surface area contributed by atoms with Gasteiger partial charge in [-0.25, -0.2) is 0 Å². The minimum Gasteiger partial charge on any atom is -0.498 e. The number of ether oxygens (including phenoxy) is 1. The predicted molar refractivity (Wildman–Crippen MR) is 68.5 cm³/mol. The molecule has 1 aliphatic carbocycles. The molecule has 0 aromatic carbocycles. The molecular weight excluding hydrogens is 263 g/mol. The summed E-state index contributed by atoms with van der Waals surface area (Å²) in [5.41, 5.74) is 0.268. The van der Waals surface area contributed by atoms with Gasteiger partial charge in [-0.15, -0.1) is 0 Å². The summed E-state index contributed by atoms with van der Waals surface area (Å²) < 4.78 is 50.1. The van der Waals surface area contributed by atoms with Crippen LogP contribution < -0.4 is 0 Å². The number of hydrogen-bond donors (Lipinski definition) is 0. The van der Waals surface area contributed by atoms with E-state index in [1.165, 1.54) is 0 Å². The van der Waals surface area contributed by atoms with E-state index in [-0.39, 0.29) is 5.41 Å². The summed E-state index contributed by atoms with van der Waals surface area (Å²) in [6, 6.07) is 0. The van der Waals surface area contributed by atoms with Crippen LogP contribution in [0.25, 0.3) is 0 Å². The lowest BCUT2D eigenvalue weighted by atomic mass is 9.79. The Morgan fingerprint density at radius 2 is 1.74 bits per heavy atom. The molecule has 0 spiro atoms. The van der Waals surface area contributed by atoms with Gasteiger partial charge in [-0.3, -0.25) is 4.42 Å². The van der Waals surface area contributed by atoms with Crippen LogP contribution in [-0.2, 0) is 9.16 Å². The van der Waals surface area contributed by atoms with E-state index < -0.39 is 7.25 Å². The molecule has 0 radical (unpaired) electrons. The van der Waals surface area contributed by atoms with Crippen molar-refractivity contribution in [3.05, 3.63) is 11.8 Å². The number of hydrogen-bond acceptors (Lipinski definition) is 1. The summed E-state index contributed by atoms with van der Waals surface area (Å²) in [7, 11) is -6.00. The van der Waals surface area contributed by atoms with Crippen molar-refractivity contribution in [3.63, 3.8) is 0 Å². The lowest BCUT2D eigenvalue weighted by molar-refractivity contribution is -0.453. The molecule has 0 saturated carbocycles. The molecule has 7 heteroatoms. The van der Waals surface area contributed by atoms with Crippen LogP contribution in [0.4, 0.5) is 17.3 Å². The summed E-state index contributed by atoms with van der Waals surface area (Å²) in [5, 5.41) is 0. The highest BCUT2D eigenvalue weighted by Crippen LogP contribution is 2.34. The van der Waals surface area contributed by atoms with Gasteiger partial charge in [0.05, 0.1) is 19.1 Å². The number of halogens is 4. The molecule has 0 atom stereocenters. The Bertz CT molecular complexity index is 329. The van der Waals surface area contributed by atoms with Crippen LogP contribution >= 0.6 is 0 Å². The minimum absolute atomic E-state index is 0.268. The first kappa shape index (κ1) is 18.0. The molecule has 0 amide bonds. The van der Waals surface area contributed by atoms with Crippen molar-refractivity contribution in [3.8, 4) is 0 Å². The summed E-state index contributed by atoms with van der Waals surface area (Å²) in [6.07, 6.45) is 4.08. The molecule has 112 valence electrons. The van der Waals surface area contributed by atoms with Crippen LogP contribution in [0.3, 0.4) is 0 Å². The predicted octanol–water partition coefficient (Wildman–Crippen LogP) is 4.15. The van der Waals surface area contributed by atoms with Crippen molar-refractivity contribution in [2.75, 3.05) is 13.2 Å². The average molecular weight is 284 g/mol. The average Bonchev–Trinajstić information content (AvgIpc) is 2.12. The first-order valence-electron chi connectivity index (χ1n) is 6.26. The van der Waals surface area contributed by atoms with Crippen LogP contribution in [-0.4, -0.2) is 26.3 Å². The molecule has 0 aromatic heterocycles. The third-order valence-corrected chi connectivity index (χ3v) is 2.29. The van der Waals surface area contributed by atoms with E-state index in [4.69, 9.17) is 9.16 Å². The van der Waals surface area contributed by atoms with Crippen molar-refractivity contribution in [1.82, 2.24) is 0 Å². The van der Waals surface area contributed by atoms with Gasteiger partial charge < -0.3 is 22.0 Å². The van der Waals surface area contributed by atoms with Gasteiger partial charge in [-0.05, 0) is 12.3 Å². The monoisotopic (exact) mass is 284 g/mol. The van der Waals surface area contributed by atoms with Crippen molar-refractivity contribution >= 4 is 13.0 Å². The molecule has 19 heavy (non-hydrogen) atoms. The second-order valence-electron chi connectivity index (χ2n) is 4.96. The first-order chi connectivity index (χ1) is 8.57. The Labute approximate surface area is 111 Å². The number of ketones is 1. The Morgan fingerprint density at radius 3 is 2.16 bits per heavy atom. The van der Waals surface area contributed by atoms with E-state index in [0.717, 1.165) is 37.6 Å². The minimum atomic E-state index is -6.00. The van der Waals surface area contributed by atoms with Gasteiger partial charge in [0.2, 0.25) is 0 Å². The third-order valence-electron chi connectivity index (χ3n) is 2.29. The molecule has 1 rings (SSSR count). The Kier molecular flexibility index (Phi) is 7.15. The van der Waals surface area contributed by atoms with E-state index in [2.05, 4.69) is 19.9 Å². The molecule has 0 unspecified atom stereocenters. The molecule has 2 nitrogen and oxygen atoms in total. The Morgan fingerprint density at radius 1 is 1.21 bits per heavy atom. The maximum atomic E-state index is 9.75. The third kappa shape index (κ3) is 10.6. The molecule has 1 aliphatic rings. The summed E-state index contributed by atoms with van der Waals surface area (Å²) in [5.74, 6) is 2.12. The van der Waals surface area contributed by atoms with E-state index in [1.54, 1.807) is 0 Å². The van der Waals surface area contributed by atoms with Crippen LogP contribution in [0.2, 0.25) is 0 Å². The lowest BCUT2D eigenvalue weighted by Crippen LogP contribution is -2.24. The van der Waals surface area contributed by atoms with Gasteiger partial charge in [0.15, 0.2) is 0 Å². The highest BCUT2D eigenvalue weighted by atomic mass is 19.5. The zero-order chi connectivity index (χ0) is 15.1. The summed E-state index contributed by atoms with van der Waals surface area (Å²) in [6.45, 7) is 10.0. The second kappa shape index (κ2) is 7.55. The molecule has 0 aromatic rings.